The number of carbonyl (C=O) groups is 9. The zero-order valence-corrected chi connectivity index (χ0v) is 31.6. The summed E-state index contributed by atoms with van der Waals surface area (Å²) in [7, 11) is 0. The first-order chi connectivity index (χ1) is 27.5. The summed E-state index contributed by atoms with van der Waals surface area (Å²) in [5.41, 5.74) is -0.231. The first-order valence-electron chi connectivity index (χ1n) is 17.9. The zero-order chi connectivity index (χ0) is 42.2. The van der Waals surface area contributed by atoms with Gasteiger partial charge >= 0.3 is 29.8 Å². The van der Waals surface area contributed by atoms with E-state index in [1.807, 2.05) is 0 Å². The van der Waals surface area contributed by atoms with Gasteiger partial charge in [-0.05, 0) is 24.3 Å². The number of nitrogens with zero attached hydrogens (tertiary/aromatic N) is 2. The number of aliphatic hydroxyl groups is 1. The summed E-state index contributed by atoms with van der Waals surface area (Å²) in [6.07, 6.45) is -14.5. The summed E-state index contributed by atoms with van der Waals surface area (Å²) in [6, 6.07) is 7.71. The van der Waals surface area contributed by atoms with Gasteiger partial charge in [-0.1, -0.05) is 24.3 Å². The molecule has 4 aliphatic heterocycles. The van der Waals surface area contributed by atoms with Crippen molar-refractivity contribution in [3.63, 3.8) is 0 Å². The standard InChI is InChI=1S/C38H38N2O18/c1-16(41)51-14-25-30(31(54-19(4)44)27(37(50)56-25)39-33(46)21-10-6-7-11-22(21)34(39)47)58-38-28(40-35(48)23-12-8-9-13-24(23)36(40)49)32(55-20(5)45)29(53-18(3)43)26(57-38)15-52-17(2)42/h6-13,25-32,37-38,50H,14-15H2,1-5H3/t25-,26-,27-,28-,29-,30-,31+,32+,37-,38+/m1/s1. The van der Waals surface area contributed by atoms with E-state index in [0.717, 1.165) is 34.6 Å². The number of amides is 4. The molecule has 0 unspecified atom stereocenters. The van der Waals surface area contributed by atoms with Crippen molar-refractivity contribution in [1.82, 2.24) is 9.80 Å². The quantitative estimate of drug-likeness (QED) is 0.179. The van der Waals surface area contributed by atoms with Gasteiger partial charge in [-0.15, -0.1) is 0 Å². The number of rotatable bonds is 11. The van der Waals surface area contributed by atoms with Crippen LogP contribution in [-0.2, 0) is 61.9 Å². The minimum Gasteiger partial charge on any atom is -0.463 e. The molecule has 0 spiro atoms. The van der Waals surface area contributed by atoms with E-state index in [-0.39, 0.29) is 22.3 Å². The first kappa shape index (κ1) is 41.5. The zero-order valence-electron chi connectivity index (χ0n) is 31.6. The van der Waals surface area contributed by atoms with Crippen LogP contribution in [0.5, 0.6) is 0 Å². The van der Waals surface area contributed by atoms with E-state index in [1.165, 1.54) is 48.5 Å². The van der Waals surface area contributed by atoms with Crippen LogP contribution in [0.25, 0.3) is 0 Å². The lowest BCUT2D eigenvalue weighted by atomic mass is 9.92. The Balaban J connectivity index is 1.51. The van der Waals surface area contributed by atoms with Crippen LogP contribution in [0.3, 0.4) is 0 Å². The van der Waals surface area contributed by atoms with Crippen LogP contribution < -0.4 is 0 Å². The average molecular weight is 811 g/mol. The lowest BCUT2D eigenvalue weighted by Gasteiger charge is -2.51. The summed E-state index contributed by atoms with van der Waals surface area (Å²) >= 11 is 0. The Bertz CT molecular complexity index is 1980. The molecule has 2 saturated heterocycles. The van der Waals surface area contributed by atoms with Gasteiger partial charge in [0, 0.05) is 34.6 Å². The number of ether oxygens (including phenoxy) is 8. The van der Waals surface area contributed by atoms with Crippen LogP contribution in [0.1, 0.15) is 76.1 Å². The van der Waals surface area contributed by atoms with Crippen molar-refractivity contribution in [1.29, 1.82) is 0 Å². The molecule has 0 bridgehead atoms. The Kier molecular flexibility index (Phi) is 12.0. The molecule has 0 aliphatic carbocycles. The summed E-state index contributed by atoms with van der Waals surface area (Å²) in [5, 5.41) is 11.5. The molecule has 1 N–H and O–H groups in total. The summed E-state index contributed by atoms with van der Waals surface area (Å²) in [4.78, 5) is 119. The predicted molar refractivity (Wildman–Crippen MR) is 186 cm³/mol. The van der Waals surface area contributed by atoms with Crippen molar-refractivity contribution in [2.45, 2.75) is 95.9 Å². The van der Waals surface area contributed by atoms with Gasteiger partial charge in [0.25, 0.3) is 23.6 Å². The fourth-order valence-electron chi connectivity index (χ4n) is 7.39. The lowest BCUT2D eigenvalue weighted by molar-refractivity contribution is -0.338. The highest BCUT2D eigenvalue weighted by Gasteiger charge is 2.61. The van der Waals surface area contributed by atoms with Crippen LogP contribution in [0.4, 0.5) is 0 Å². The first-order valence-corrected chi connectivity index (χ1v) is 17.9. The van der Waals surface area contributed by atoms with E-state index in [1.54, 1.807) is 0 Å². The maximum absolute atomic E-state index is 14.1. The lowest BCUT2D eigenvalue weighted by Crippen LogP contribution is -2.71. The van der Waals surface area contributed by atoms with Crippen molar-refractivity contribution >= 4 is 53.5 Å². The van der Waals surface area contributed by atoms with Crippen LogP contribution in [-0.4, -0.2) is 143 Å². The Morgan fingerprint density at radius 2 is 0.897 bits per heavy atom. The van der Waals surface area contributed by atoms with Crippen molar-refractivity contribution in [3.05, 3.63) is 70.8 Å². The highest BCUT2D eigenvalue weighted by atomic mass is 16.7. The smallest absolute Gasteiger partial charge is 0.303 e. The third-order valence-corrected chi connectivity index (χ3v) is 9.59. The normalized spacial score (nSPS) is 29.0. The van der Waals surface area contributed by atoms with Gasteiger partial charge in [0.1, 0.15) is 43.6 Å². The molecule has 0 radical (unpaired) electrons. The maximum atomic E-state index is 14.1. The van der Waals surface area contributed by atoms with Gasteiger partial charge in [-0.3, -0.25) is 53.0 Å². The summed E-state index contributed by atoms with van der Waals surface area (Å²) in [5.74, 6) is -8.24. The van der Waals surface area contributed by atoms with Crippen molar-refractivity contribution in [3.8, 4) is 0 Å². The molecule has 2 aromatic rings. The SMILES string of the molecule is CC(=O)OC[C@H]1O[C@@H](O)[C@H](N2C(=O)c3ccccc3C2=O)[C@H](OC(C)=O)[C@@H]1O[C@@H]1O[C@H](COC(C)=O)[C@@H](OC(C)=O)[C@@H](OC(C)=O)[C@H]1N1C(=O)c2ccccc2C1=O. The van der Waals surface area contributed by atoms with Gasteiger partial charge in [0.2, 0.25) is 0 Å². The molecule has 0 aromatic heterocycles. The van der Waals surface area contributed by atoms with E-state index in [0.29, 0.717) is 9.80 Å². The monoisotopic (exact) mass is 810 g/mol. The van der Waals surface area contributed by atoms with E-state index in [9.17, 15) is 48.3 Å². The average Bonchev–Trinajstić information content (AvgIpc) is 3.55. The number of esters is 5. The molecule has 20 nitrogen and oxygen atoms in total. The molecular formula is C38H38N2O18. The molecule has 4 amide bonds. The minimum absolute atomic E-state index is 0.0452. The Morgan fingerprint density at radius 1 is 0.534 bits per heavy atom. The third kappa shape index (κ3) is 8.03. The second kappa shape index (κ2) is 16.8. The molecule has 4 heterocycles. The van der Waals surface area contributed by atoms with Crippen molar-refractivity contribution in [2.24, 2.45) is 0 Å². The van der Waals surface area contributed by atoms with Crippen molar-refractivity contribution < 1.29 is 86.2 Å². The van der Waals surface area contributed by atoms with Crippen LogP contribution in [0.15, 0.2) is 48.5 Å². The molecule has 6 rings (SSSR count). The number of imide groups is 2. The number of fused-ring (bicyclic) bond motifs is 2. The fraction of sp³-hybridized carbons (Fsp3) is 0.447. The number of aliphatic hydroxyl groups excluding tert-OH is 1. The third-order valence-electron chi connectivity index (χ3n) is 9.59. The molecule has 2 aromatic carbocycles. The van der Waals surface area contributed by atoms with Gasteiger partial charge in [0.15, 0.2) is 30.9 Å². The van der Waals surface area contributed by atoms with Crippen molar-refractivity contribution in [2.75, 3.05) is 13.2 Å². The molecule has 0 saturated carbocycles. The highest BCUT2D eigenvalue weighted by molar-refractivity contribution is 6.22. The summed E-state index contributed by atoms with van der Waals surface area (Å²) < 4.78 is 45.9. The number of hydrogen-bond acceptors (Lipinski definition) is 18. The predicted octanol–water partition coefficient (Wildman–Crippen LogP) is 0.0646. The molecular weight excluding hydrogens is 772 g/mol. The molecule has 58 heavy (non-hydrogen) atoms. The van der Waals surface area contributed by atoms with Gasteiger partial charge in [-0.2, -0.15) is 0 Å². The Morgan fingerprint density at radius 3 is 1.29 bits per heavy atom. The van der Waals surface area contributed by atoms with Crippen LogP contribution >= 0.6 is 0 Å². The molecule has 10 atom stereocenters. The van der Waals surface area contributed by atoms with Gasteiger partial charge in [0.05, 0.1) is 22.3 Å². The largest absolute Gasteiger partial charge is 0.463 e. The van der Waals surface area contributed by atoms with Crippen LogP contribution in [0.2, 0.25) is 0 Å². The van der Waals surface area contributed by atoms with E-state index < -0.39 is 128 Å². The van der Waals surface area contributed by atoms with E-state index in [4.69, 9.17) is 37.9 Å². The second-order valence-corrected chi connectivity index (χ2v) is 13.6. The van der Waals surface area contributed by atoms with Gasteiger partial charge in [-0.25, -0.2) is 0 Å². The van der Waals surface area contributed by atoms with E-state index in [2.05, 4.69) is 0 Å². The number of benzene rings is 2. The minimum atomic E-state index is -2.11. The molecule has 4 aliphatic rings. The fourth-order valence-corrected chi connectivity index (χ4v) is 7.39. The Labute approximate surface area is 329 Å². The highest BCUT2D eigenvalue weighted by Crippen LogP contribution is 2.40. The van der Waals surface area contributed by atoms with Gasteiger partial charge < -0.3 is 43.0 Å². The summed E-state index contributed by atoms with van der Waals surface area (Å²) in [6.45, 7) is 3.72. The molecule has 308 valence electrons. The number of hydrogen-bond donors (Lipinski definition) is 1. The second-order valence-electron chi connectivity index (χ2n) is 13.6. The number of carbonyl (C=O) groups excluding carboxylic acids is 9. The molecule has 20 heteroatoms. The molecule has 2 fully saturated rings. The Hall–Kier alpha value is -6.09. The van der Waals surface area contributed by atoms with Crippen LogP contribution in [0, 0.1) is 0 Å². The maximum Gasteiger partial charge on any atom is 0.303 e. The van der Waals surface area contributed by atoms with E-state index >= 15 is 0 Å². The topological polar surface area (TPSA) is 254 Å².